The van der Waals surface area contributed by atoms with Crippen molar-refractivity contribution in [2.24, 2.45) is 10.7 Å². The lowest BCUT2D eigenvalue weighted by Gasteiger charge is -2.17. The summed E-state index contributed by atoms with van der Waals surface area (Å²) in [5.41, 5.74) is 7.89. The van der Waals surface area contributed by atoms with E-state index in [0.29, 0.717) is 5.96 Å². The summed E-state index contributed by atoms with van der Waals surface area (Å²) in [6.45, 7) is 0.791. The molecule has 1 aromatic heterocycles. The van der Waals surface area contributed by atoms with E-state index in [4.69, 9.17) is 5.73 Å². The van der Waals surface area contributed by atoms with Crippen LogP contribution in [0.1, 0.15) is 5.69 Å². The Labute approximate surface area is 113 Å². The normalized spacial score (nSPS) is 11.3. The topological polar surface area (TPSA) is 54.5 Å². The summed E-state index contributed by atoms with van der Waals surface area (Å²) in [6.07, 6.45) is 2.65. The first-order chi connectivity index (χ1) is 9.25. The molecule has 0 aliphatic heterocycles. The Morgan fingerprint density at radius 2 is 1.89 bits per heavy atom. The molecule has 0 aliphatic carbocycles. The molecular weight excluding hydrogens is 236 g/mol. The number of aromatic nitrogens is 1. The van der Waals surface area contributed by atoms with E-state index in [2.05, 4.69) is 9.98 Å². The highest BCUT2D eigenvalue weighted by Crippen LogP contribution is 2.09. The maximum absolute atomic E-state index is 5.97. The van der Waals surface area contributed by atoms with Gasteiger partial charge in [-0.3, -0.25) is 4.98 Å². The van der Waals surface area contributed by atoms with Gasteiger partial charge in [-0.25, -0.2) is 4.99 Å². The molecule has 1 aromatic carbocycles. The maximum atomic E-state index is 5.97. The minimum atomic E-state index is 0.516. The molecule has 0 amide bonds. The number of benzene rings is 1. The number of likely N-dealkylation sites (N-methyl/N-ethyl adjacent to an activating group) is 1. The van der Waals surface area contributed by atoms with Crippen LogP contribution < -0.4 is 5.73 Å². The summed E-state index contributed by atoms with van der Waals surface area (Å²) in [4.78, 5) is 10.6. The molecule has 4 nitrogen and oxygen atoms in total. The predicted molar refractivity (Wildman–Crippen MR) is 78.3 cm³/mol. The largest absolute Gasteiger partial charge is 0.369 e. The zero-order chi connectivity index (χ0) is 13.5. The lowest BCUT2D eigenvalue weighted by Crippen LogP contribution is -2.35. The van der Waals surface area contributed by atoms with Crippen LogP contribution in [0.15, 0.2) is 59.7 Å². The molecular formula is C15H18N4. The first-order valence-corrected chi connectivity index (χ1v) is 6.26. The Kier molecular flexibility index (Phi) is 4.50. The molecule has 0 aliphatic rings. The molecule has 19 heavy (non-hydrogen) atoms. The average molecular weight is 254 g/mol. The summed E-state index contributed by atoms with van der Waals surface area (Å²) in [5, 5.41) is 0. The maximum Gasteiger partial charge on any atom is 0.196 e. The number of aliphatic imine (C=N–C) groups is 1. The van der Waals surface area contributed by atoms with E-state index in [0.717, 1.165) is 24.3 Å². The van der Waals surface area contributed by atoms with Crippen LogP contribution in [0.2, 0.25) is 0 Å². The monoisotopic (exact) mass is 254 g/mol. The van der Waals surface area contributed by atoms with E-state index in [1.54, 1.807) is 6.20 Å². The molecule has 2 aromatic rings. The number of pyridine rings is 1. The van der Waals surface area contributed by atoms with Gasteiger partial charge in [0.1, 0.15) is 0 Å². The van der Waals surface area contributed by atoms with E-state index >= 15 is 0 Å². The number of hydrogen-bond donors (Lipinski definition) is 1. The van der Waals surface area contributed by atoms with Crippen molar-refractivity contribution in [1.82, 2.24) is 9.88 Å². The molecule has 1 heterocycles. The number of para-hydroxylation sites is 1. The SMILES string of the molecule is CN(CCc1ccccn1)C(N)=Nc1ccccc1. The van der Waals surface area contributed by atoms with Gasteiger partial charge in [0, 0.05) is 31.9 Å². The molecule has 0 radical (unpaired) electrons. The number of rotatable bonds is 4. The third-order valence-electron chi connectivity index (χ3n) is 2.82. The number of guanidine groups is 1. The molecule has 0 unspecified atom stereocenters. The van der Waals surface area contributed by atoms with Gasteiger partial charge in [0.05, 0.1) is 5.69 Å². The van der Waals surface area contributed by atoms with Gasteiger partial charge in [-0.1, -0.05) is 24.3 Å². The highest BCUT2D eigenvalue weighted by Gasteiger charge is 2.03. The lowest BCUT2D eigenvalue weighted by atomic mass is 10.2. The average Bonchev–Trinajstić information content (AvgIpc) is 2.47. The Balaban J connectivity index is 1.93. The van der Waals surface area contributed by atoms with Crippen molar-refractivity contribution in [1.29, 1.82) is 0 Å². The molecule has 0 atom stereocenters. The van der Waals surface area contributed by atoms with Gasteiger partial charge in [-0.05, 0) is 24.3 Å². The smallest absolute Gasteiger partial charge is 0.196 e. The summed E-state index contributed by atoms with van der Waals surface area (Å²) >= 11 is 0. The van der Waals surface area contributed by atoms with Crippen LogP contribution in [0.4, 0.5) is 5.69 Å². The van der Waals surface area contributed by atoms with Crippen LogP contribution in [-0.2, 0) is 6.42 Å². The van der Waals surface area contributed by atoms with Crippen molar-refractivity contribution < 1.29 is 0 Å². The standard InChI is InChI=1S/C15H18N4/c1-19(12-10-13-7-5-6-11-17-13)15(16)18-14-8-3-2-4-9-14/h2-9,11H,10,12H2,1H3,(H2,16,18). The Morgan fingerprint density at radius 3 is 2.58 bits per heavy atom. The first kappa shape index (κ1) is 13.1. The Morgan fingerprint density at radius 1 is 1.16 bits per heavy atom. The van der Waals surface area contributed by atoms with E-state index in [-0.39, 0.29) is 0 Å². The van der Waals surface area contributed by atoms with Crippen molar-refractivity contribution in [3.63, 3.8) is 0 Å². The van der Waals surface area contributed by atoms with Crippen LogP contribution in [0.3, 0.4) is 0 Å². The van der Waals surface area contributed by atoms with Gasteiger partial charge in [-0.15, -0.1) is 0 Å². The van der Waals surface area contributed by atoms with E-state index in [9.17, 15) is 0 Å². The zero-order valence-electron chi connectivity index (χ0n) is 11.0. The minimum Gasteiger partial charge on any atom is -0.369 e. The minimum absolute atomic E-state index is 0.516. The van der Waals surface area contributed by atoms with Gasteiger partial charge in [0.25, 0.3) is 0 Å². The molecule has 2 rings (SSSR count). The molecule has 0 spiro atoms. The van der Waals surface area contributed by atoms with Gasteiger partial charge in [0.2, 0.25) is 0 Å². The Bertz CT molecular complexity index is 522. The lowest BCUT2D eigenvalue weighted by molar-refractivity contribution is 0.500. The zero-order valence-corrected chi connectivity index (χ0v) is 11.0. The van der Waals surface area contributed by atoms with Crippen molar-refractivity contribution in [2.45, 2.75) is 6.42 Å². The van der Waals surface area contributed by atoms with Gasteiger partial charge in [0.15, 0.2) is 5.96 Å². The van der Waals surface area contributed by atoms with Crippen LogP contribution in [0, 0.1) is 0 Å². The highest BCUT2D eigenvalue weighted by molar-refractivity contribution is 5.80. The van der Waals surface area contributed by atoms with E-state index in [1.807, 2.05) is 60.5 Å². The first-order valence-electron chi connectivity index (χ1n) is 6.26. The van der Waals surface area contributed by atoms with Gasteiger partial charge >= 0.3 is 0 Å². The molecule has 0 bridgehead atoms. The molecule has 98 valence electrons. The highest BCUT2D eigenvalue weighted by atomic mass is 15.2. The summed E-state index contributed by atoms with van der Waals surface area (Å²) in [6, 6.07) is 15.6. The number of nitrogens with zero attached hydrogens (tertiary/aromatic N) is 3. The van der Waals surface area contributed by atoms with E-state index in [1.165, 1.54) is 0 Å². The van der Waals surface area contributed by atoms with Crippen molar-refractivity contribution >= 4 is 11.6 Å². The fourth-order valence-electron chi connectivity index (χ4n) is 1.66. The van der Waals surface area contributed by atoms with Crippen molar-refractivity contribution in [2.75, 3.05) is 13.6 Å². The van der Waals surface area contributed by atoms with Crippen LogP contribution in [0.25, 0.3) is 0 Å². The Hall–Kier alpha value is -2.36. The predicted octanol–water partition coefficient (Wildman–Crippen LogP) is 2.20. The molecule has 4 heteroatoms. The molecule has 0 fully saturated rings. The second-order valence-corrected chi connectivity index (χ2v) is 4.30. The summed E-state index contributed by atoms with van der Waals surface area (Å²) in [7, 11) is 1.94. The van der Waals surface area contributed by atoms with Crippen LogP contribution >= 0.6 is 0 Å². The molecule has 2 N–H and O–H groups in total. The summed E-state index contributed by atoms with van der Waals surface area (Å²) < 4.78 is 0. The fraction of sp³-hybridized carbons (Fsp3) is 0.200. The van der Waals surface area contributed by atoms with Crippen LogP contribution in [-0.4, -0.2) is 29.4 Å². The number of nitrogens with two attached hydrogens (primary N) is 1. The second kappa shape index (κ2) is 6.54. The third-order valence-corrected chi connectivity index (χ3v) is 2.82. The second-order valence-electron chi connectivity index (χ2n) is 4.30. The fourth-order valence-corrected chi connectivity index (χ4v) is 1.66. The number of hydrogen-bond acceptors (Lipinski definition) is 2. The van der Waals surface area contributed by atoms with Gasteiger partial charge < -0.3 is 10.6 Å². The molecule has 0 saturated carbocycles. The van der Waals surface area contributed by atoms with Crippen molar-refractivity contribution in [3.05, 3.63) is 60.4 Å². The summed E-state index contributed by atoms with van der Waals surface area (Å²) in [5.74, 6) is 0.516. The van der Waals surface area contributed by atoms with Crippen LogP contribution in [0.5, 0.6) is 0 Å². The van der Waals surface area contributed by atoms with E-state index < -0.39 is 0 Å². The quantitative estimate of drug-likeness (QED) is 0.672. The van der Waals surface area contributed by atoms with Gasteiger partial charge in [-0.2, -0.15) is 0 Å². The van der Waals surface area contributed by atoms with Crippen molar-refractivity contribution in [3.8, 4) is 0 Å². The third kappa shape index (κ3) is 4.10. The molecule has 0 saturated heterocycles.